The Hall–Kier alpha value is -1.56. The van der Waals surface area contributed by atoms with Crippen LogP contribution in [-0.4, -0.2) is 31.0 Å². The summed E-state index contributed by atoms with van der Waals surface area (Å²) in [5, 5.41) is 9.48. The van der Waals surface area contributed by atoms with E-state index in [1.165, 1.54) is 11.1 Å². The fourth-order valence-corrected chi connectivity index (χ4v) is 4.77. The lowest BCUT2D eigenvalue weighted by Crippen LogP contribution is -2.40. The van der Waals surface area contributed by atoms with Gasteiger partial charge in [0.05, 0.1) is 24.8 Å². The highest BCUT2D eigenvalue weighted by Crippen LogP contribution is 2.41. The van der Waals surface area contributed by atoms with Gasteiger partial charge in [0, 0.05) is 12.0 Å². The summed E-state index contributed by atoms with van der Waals surface area (Å²) >= 11 is 3.65. The molecule has 1 aliphatic carbocycles. The summed E-state index contributed by atoms with van der Waals surface area (Å²) in [5.74, 6) is 2.20. The molecule has 3 rings (SSSR count). The summed E-state index contributed by atoms with van der Waals surface area (Å²) < 4.78 is 12.4. The average molecular weight is 448 g/mol. The van der Waals surface area contributed by atoms with Crippen molar-refractivity contribution in [1.29, 1.82) is 0 Å². The number of hydrogen-bond donors (Lipinski definition) is 2. The van der Waals surface area contributed by atoms with Crippen molar-refractivity contribution in [2.24, 2.45) is 5.73 Å². The number of aliphatic hydroxyl groups excluding tert-OH is 1. The number of halogens is 1. The number of rotatable bonds is 7. The van der Waals surface area contributed by atoms with Crippen molar-refractivity contribution >= 4 is 15.9 Å². The number of benzene rings is 2. The van der Waals surface area contributed by atoms with E-state index < -0.39 is 5.54 Å². The molecule has 0 radical (unpaired) electrons. The van der Waals surface area contributed by atoms with Gasteiger partial charge < -0.3 is 20.3 Å². The molecule has 0 amide bonds. The second kappa shape index (κ2) is 8.85. The Morgan fingerprint density at radius 2 is 1.93 bits per heavy atom. The minimum atomic E-state index is -0.430. The molecule has 152 valence electrons. The van der Waals surface area contributed by atoms with Gasteiger partial charge in [-0.25, -0.2) is 0 Å². The van der Waals surface area contributed by atoms with Crippen molar-refractivity contribution in [1.82, 2.24) is 0 Å². The third-order valence-corrected chi connectivity index (χ3v) is 6.38. The highest BCUT2D eigenvalue weighted by atomic mass is 79.9. The number of hydrogen-bond acceptors (Lipinski definition) is 4. The van der Waals surface area contributed by atoms with Gasteiger partial charge >= 0.3 is 0 Å². The fourth-order valence-electron chi connectivity index (χ4n) is 4.26. The van der Waals surface area contributed by atoms with E-state index in [0.29, 0.717) is 12.5 Å². The van der Waals surface area contributed by atoms with Crippen LogP contribution < -0.4 is 15.2 Å². The number of nitrogens with two attached hydrogens (primary N) is 1. The summed E-state index contributed by atoms with van der Waals surface area (Å²) in [7, 11) is 1.71. The summed E-state index contributed by atoms with van der Waals surface area (Å²) in [4.78, 5) is 0. The third-order valence-electron chi connectivity index (χ3n) is 5.76. The Bertz CT molecular complexity index is 816. The van der Waals surface area contributed by atoms with Crippen LogP contribution in [-0.2, 0) is 6.42 Å². The maximum Gasteiger partial charge on any atom is 0.133 e. The first-order chi connectivity index (χ1) is 13.3. The first-order valence-electron chi connectivity index (χ1n) is 9.81. The Balaban J connectivity index is 1.60. The summed E-state index contributed by atoms with van der Waals surface area (Å²) in [6, 6.07) is 10.6. The van der Waals surface area contributed by atoms with E-state index in [1.54, 1.807) is 7.11 Å². The highest BCUT2D eigenvalue weighted by molar-refractivity contribution is 9.10. The fraction of sp³-hybridized carbons (Fsp3) is 0.478. The minimum absolute atomic E-state index is 0.0518. The van der Waals surface area contributed by atoms with E-state index in [1.807, 2.05) is 6.07 Å². The van der Waals surface area contributed by atoms with Crippen molar-refractivity contribution in [3.63, 3.8) is 0 Å². The van der Waals surface area contributed by atoms with E-state index in [4.69, 9.17) is 15.2 Å². The highest BCUT2D eigenvalue weighted by Gasteiger charge is 2.35. The zero-order chi connectivity index (χ0) is 20.3. The normalized spacial score (nSPS) is 21.7. The molecule has 0 aromatic heterocycles. The number of aliphatic hydroxyl groups is 1. The van der Waals surface area contributed by atoms with Crippen LogP contribution in [0.3, 0.4) is 0 Å². The standard InChI is InChI=1S/C23H30BrNO3/c1-15-10-17(11-16(2)22(15)27-3)7-9-28-21-5-4-18(12-20(21)24)19-6-8-23(25,13-19)14-26/h4-5,10-12,19,26H,6-9,13-14,25H2,1-3H3/t19-,23-/m1/s1. The molecule has 0 aliphatic heterocycles. The first kappa shape index (κ1) is 21.2. The van der Waals surface area contributed by atoms with E-state index in [9.17, 15) is 5.11 Å². The maximum atomic E-state index is 9.48. The summed E-state index contributed by atoms with van der Waals surface area (Å²) in [5.41, 5.74) is 10.6. The van der Waals surface area contributed by atoms with Crippen LogP contribution in [0.15, 0.2) is 34.8 Å². The monoisotopic (exact) mass is 447 g/mol. The quantitative estimate of drug-likeness (QED) is 0.647. The molecular formula is C23H30BrNO3. The van der Waals surface area contributed by atoms with Gasteiger partial charge in [-0.1, -0.05) is 18.2 Å². The SMILES string of the molecule is COc1c(C)cc(CCOc2ccc([C@@H]3CC[C@](N)(CO)C3)cc2Br)cc1C. The first-order valence-corrected chi connectivity index (χ1v) is 10.6. The summed E-state index contributed by atoms with van der Waals surface area (Å²) in [6.07, 6.45) is 3.55. The minimum Gasteiger partial charge on any atom is -0.496 e. The van der Waals surface area contributed by atoms with E-state index >= 15 is 0 Å². The molecule has 2 atom stereocenters. The van der Waals surface area contributed by atoms with Crippen LogP contribution in [0.4, 0.5) is 0 Å². The van der Waals surface area contributed by atoms with Crippen LogP contribution in [0.5, 0.6) is 11.5 Å². The molecule has 2 aromatic carbocycles. The van der Waals surface area contributed by atoms with Gasteiger partial charge in [0.2, 0.25) is 0 Å². The lowest BCUT2D eigenvalue weighted by atomic mass is 9.94. The maximum absolute atomic E-state index is 9.48. The molecule has 5 heteroatoms. The molecule has 4 nitrogen and oxygen atoms in total. The van der Waals surface area contributed by atoms with Crippen LogP contribution >= 0.6 is 15.9 Å². The molecule has 0 heterocycles. The number of methoxy groups -OCH3 is 1. The molecule has 0 bridgehead atoms. The van der Waals surface area contributed by atoms with Crippen LogP contribution in [0, 0.1) is 13.8 Å². The Kier molecular flexibility index (Phi) is 6.69. The van der Waals surface area contributed by atoms with Gasteiger partial charge in [0.15, 0.2) is 0 Å². The van der Waals surface area contributed by atoms with E-state index in [2.05, 4.69) is 54.0 Å². The molecule has 3 N–H and O–H groups in total. The average Bonchev–Trinajstić information content (AvgIpc) is 3.06. The van der Waals surface area contributed by atoms with Gasteiger partial charge in [0.25, 0.3) is 0 Å². The lowest BCUT2D eigenvalue weighted by molar-refractivity contribution is 0.198. The molecule has 28 heavy (non-hydrogen) atoms. The van der Waals surface area contributed by atoms with E-state index in [-0.39, 0.29) is 6.61 Å². The van der Waals surface area contributed by atoms with Crippen molar-refractivity contribution < 1.29 is 14.6 Å². The van der Waals surface area contributed by atoms with Crippen molar-refractivity contribution in [3.05, 3.63) is 57.1 Å². The van der Waals surface area contributed by atoms with Gasteiger partial charge in [0.1, 0.15) is 11.5 Å². The second-order valence-electron chi connectivity index (χ2n) is 8.01. The van der Waals surface area contributed by atoms with Crippen LogP contribution in [0.2, 0.25) is 0 Å². The number of aryl methyl sites for hydroxylation is 2. The van der Waals surface area contributed by atoms with E-state index in [0.717, 1.165) is 52.8 Å². The molecular weight excluding hydrogens is 418 g/mol. The van der Waals surface area contributed by atoms with Crippen molar-refractivity contribution in [2.45, 2.75) is 51.0 Å². The zero-order valence-electron chi connectivity index (χ0n) is 16.9. The molecule has 1 saturated carbocycles. The Morgan fingerprint density at radius 1 is 1.21 bits per heavy atom. The van der Waals surface area contributed by atoms with Crippen LogP contribution in [0.1, 0.15) is 47.4 Å². The van der Waals surface area contributed by atoms with Crippen LogP contribution in [0.25, 0.3) is 0 Å². The predicted octanol–water partition coefficient (Wildman–Crippen LogP) is 4.65. The molecule has 1 aliphatic rings. The van der Waals surface area contributed by atoms with Gasteiger partial charge in [-0.3, -0.25) is 0 Å². The Morgan fingerprint density at radius 3 is 2.50 bits per heavy atom. The van der Waals surface area contributed by atoms with Crippen molar-refractivity contribution in [2.75, 3.05) is 20.3 Å². The second-order valence-corrected chi connectivity index (χ2v) is 8.87. The molecule has 2 aromatic rings. The Labute approximate surface area is 176 Å². The third kappa shape index (κ3) is 4.70. The molecule has 0 unspecified atom stereocenters. The predicted molar refractivity (Wildman–Crippen MR) is 116 cm³/mol. The van der Waals surface area contributed by atoms with Gasteiger partial charge in [-0.15, -0.1) is 0 Å². The van der Waals surface area contributed by atoms with Gasteiger partial charge in [-0.2, -0.15) is 0 Å². The summed E-state index contributed by atoms with van der Waals surface area (Å²) in [6.45, 7) is 4.81. The molecule has 1 fully saturated rings. The smallest absolute Gasteiger partial charge is 0.133 e. The number of ether oxygens (including phenoxy) is 2. The topological polar surface area (TPSA) is 64.7 Å². The molecule has 0 saturated heterocycles. The zero-order valence-corrected chi connectivity index (χ0v) is 18.5. The molecule has 0 spiro atoms. The van der Waals surface area contributed by atoms with Crippen molar-refractivity contribution in [3.8, 4) is 11.5 Å². The largest absolute Gasteiger partial charge is 0.496 e. The lowest BCUT2D eigenvalue weighted by Gasteiger charge is -2.21. The van der Waals surface area contributed by atoms with Gasteiger partial charge in [-0.05, 0) is 89.3 Å².